The number of rotatable bonds is 4. The normalized spacial score (nSPS) is 15.5. The van der Waals surface area contributed by atoms with Crippen molar-refractivity contribution in [1.82, 2.24) is 5.06 Å². The molecule has 0 amide bonds. The first kappa shape index (κ1) is 13.6. The van der Waals surface area contributed by atoms with Crippen molar-refractivity contribution in [3.05, 3.63) is 0 Å². The first-order valence-corrected chi connectivity index (χ1v) is 5.40. The highest BCUT2D eigenvalue weighted by atomic mass is 127. The SMILES string of the molecule is CC(C)N(O)C(CC(C)(C)C)OI. The van der Waals surface area contributed by atoms with Crippen LogP contribution >= 0.6 is 23.0 Å². The molecule has 1 unspecified atom stereocenters. The maximum atomic E-state index is 9.65. The van der Waals surface area contributed by atoms with E-state index in [1.165, 1.54) is 5.06 Å². The average Bonchev–Trinajstić information content (AvgIpc) is 1.97. The molecule has 0 heterocycles. The Labute approximate surface area is 95.1 Å². The summed E-state index contributed by atoms with van der Waals surface area (Å²) in [6.45, 7) is 10.3. The smallest absolute Gasteiger partial charge is 0.145 e. The van der Waals surface area contributed by atoms with E-state index in [1.54, 1.807) is 0 Å². The Morgan fingerprint density at radius 1 is 1.38 bits per heavy atom. The number of hydrogen-bond donors (Lipinski definition) is 1. The molecule has 0 saturated carbocycles. The molecule has 1 N–H and O–H groups in total. The van der Waals surface area contributed by atoms with E-state index in [0.29, 0.717) is 0 Å². The first-order chi connectivity index (χ1) is 5.78. The Morgan fingerprint density at radius 2 is 1.85 bits per heavy atom. The van der Waals surface area contributed by atoms with Crippen molar-refractivity contribution < 1.29 is 8.27 Å². The Balaban J connectivity index is 4.18. The van der Waals surface area contributed by atoms with Gasteiger partial charge in [-0.3, -0.25) is 3.07 Å². The molecular weight excluding hydrogens is 281 g/mol. The summed E-state index contributed by atoms with van der Waals surface area (Å²) in [5, 5.41) is 10.9. The third-order valence-electron chi connectivity index (χ3n) is 1.71. The van der Waals surface area contributed by atoms with E-state index in [1.807, 2.05) is 36.9 Å². The molecule has 13 heavy (non-hydrogen) atoms. The Hall–Kier alpha value is 0.610. The molecule has 0 aromatic rings. The van der Waals surface area contributed by atoms with Crippen LogP contribution in [0.2, 0.25) is 0 Å². The summed E-state index contributed by atoms with van der Waals surface area (Å²) in [5.41, 5.74) is 0.158. The van der Waals surface area contributed by atoms with Gasteiger partial charge in [0.25, 0.3) is 0 Å². The molecule has 0 aromatic carbocycles. The van der Waals surface area contributed by atoms with Crippen LogP contribution in [0.4, 0.5) is 0 Å². The van der Waals surface area contributed by atoms with Gasteiger partial charge < -0.3 is 5.21 Å². The molecule has 0 aliphatic rings. The number of halogens is 1. The van der Waals surface area contributed by atoms with Crippen LogP contribution in [0.1, 0.15) is 41.0 Å². The molecule has 0 saturated heterocycles. The van der Waals surface area contributed by atoms with Gasteiger partial charge in [0.05, 0.1) is 0 Å². The van der Waals surface area contributed by atoms with E-state index in [-0.39, 0.29) is 17.7 Å². The number of hydroxylamine groups is 2. The fraction of sp³-hybridized carbons (Fsp3) is 1.00. The average molecular weight is 301 g/mol. The zero-order valence-corrected chi connectivity index (χ0v) is 11.2. The van der Waals surface area contributed by atoms with Gasteiger partial charge in [-0.05, 0) is 25.7 Å². The maximum Gasteiger partial charge on any atom is 0.145 e. The fourth-order valence-corrected chi connectivity index (χ4v) is 1.44. The zero-order chi connectivity index (χ0) is 10.6. The van der Waals surface area contributed by atoms with Crippen molar-refractivity contribution in [2.45, 2.75) is 53.3 Å². The second kappa shape index (κ2) is 5.48. The van der Waals surface area contributed by atoms with Gasteiger partial charge in [0.2, 0.25) is 0 Å². The van der Waals surface area contributed by atoms with Gasteiger partial charge in [-0.25, -0.2) is 0 Å². The molecular formula is C9H20INO2. The molecule has 1 atom stereocenters. The van der Waals surface area contributed by atoms with E-state index < -0.39 is 0 Å². The second-order valence-corrected chi connectivity index (χ2v) is 5.29. The van der Waals surface area contributed by atoms with Gasteiger partial charge >= 0.3 is 0 Å². The van der Waals surface area contributed by atoms with E-state index in [4.69, 9.17) is 3.07 Å². The Kier molecular flexibility index (Phi) is 5.74. The summed E-state index contributed by atoms with van der Waals surface area (Å²) in [7, 11) is 0. The van der Waals surface area contributed by atoms with Crippen molar-refractivity contribution in [3.63, 3.8) is 0 Å². The molecule has 0 aliphatic heterocycles. The summed E-state index contributed by atoms with van der Waals surface area (Å²) in [6, 6.07) is 0.0853. The minimum absolute atomic E-state index is 0.0853. The van der Waals surface area contributed by atoms with Crippen LogP contribution < -0.4 is 0 Å². The molecule has 4 heteroatoms. The molecule has 0 rings (SSSR count). The third-order valence-corrected chi connectivity index (χ3v) is 2.30. The highest BCUT2D eigenvalue weighted by molar-refractivity contribution is 14.1. The summed E-state index contributed by atoms with van der Waals surface area (Å²) in [6.07, 6.45) is 0.588. The lowest BCUT2D eigenvalue weighted by Crippen LogP contribution is -2.40. The summed E-state index contributed by atoms with van der Waals surface area (Å²) < 4.78 is 5.20. The molecule has 0 aliphatic carbocycles. The quantitative estimate of drug-likeness (QED) is 0.492. The van der Waals surface area contributed by atoms with Gasteiger partial charge in [0, 0.05) is 6.04 Å². The zero-order valence-electron chi connectivity index (χ0n) is 9.04. The van der Waals surface area contributed by atoms with Crippen LogP contribution in [0.15, 0.2) is 0 Å². The van der Waals surface area contributed by atoms with Gasteiger partial charge in [-0.1, -0.05) is 20.8 Å². The van der Waals surface area contributed by atoms with E-state index in [0.717, 1.165) is 6.42 Å². The van der Waals surface area contributed by atoms with Crippen molar-refractivity contribution in [2.24, 2.45) is 5.41 Å². The van der Waals surface area contributed by atoms with E-state index >= 15 is 0 Å². The van der Waals surface area contributed by atoms with Crippen molar-refractivity contribution in [3.8, 4) is 0 Å². The minimum atomic E-state index is -0.222. The van der Waals surface area contributed by atoms with Crippen molar-refractivity contribution in [1.29, 1.82) is 0 Å². The third kappa shape index (κ3) is 5.83. The summed E-state index contributed by atoms with van der Waals surface area (Å²) >= 11 is 1.84. The van der Waals surface area contributed by atoms with Crippen LogP contribution in [0, 0.1) is 5.41 Å². The number of hydrogen-bond acceptors (Lipinski definition) is 3. The molecule has 0 aromatic heterocycles. The summed E-state index contributed by atoms with van der Waals surface area (Å²) in [5.74, 6) is 0. The molecule has 80 valence electrons. The van der Waals surface area contributed by atoms with Gasteiger partial charge in [-0.15, -0.1) is 0 Å². The van der Waals surface area contributed by atoms with Gasteiger partial charge in [0.15, 0.2) is 0 Å². The first-order valence-electron chi connectivity index (χ1n) is 4.52. The minimum Gasteiger partial charge on any atom is -0.311 e. The second-order valence-electron chi connectivity index (χ2n) is 4.78. The van der Waals surface area contributed by atoms with E-state index in [9.17, 15) is 5.21 Å². The highest BCUT2D eigenvalue weighted by Gasteiger charge is 2.25. The van der Waals surface area contributed by atoms with Gasteiger partial charge in [-0.2, -0.15) is 5.06 Å². The standard InChI is InChI=1S/C9H20INO2/c1-7(2)11(12)8(13-10)6-9(3,4)5/h7-8,12H,6H2,1-5H3. The molecule has 0 fully saturated rings. The lowest BCUT2D eigenvalue weighted by molar-refractivity contribution is -0.203. The molecule has 0 bridgehead atoms. The monoisotopic (exact) mass is 301 g/mol. The topological polar surface area (TPSA) is 32.7 Å². The molecule has 0 spiro atoms. The number of nitrogens with zero attached hydrogens (tertiary/aromatic N) is 1. The fourth-order valence-electron chi connectivity index (χ4n) is 1.02. The summed E-state index contributed by atoms with van der Waals surface area (Å²) in [4.78, 5) is 0. The highest BCUT2D eigenvalue weighted by Crippen LogP contribution is 2.25. The lowest BCUT2D eigenvalue weighted by Gasteiger charge is -2.31. The van der Waals surface area contributed by atoms with Crippen molar-refractivity contribution >= 4 is 23.0 Å². The van der Waals surface area contributed by atoms with Crippen LogP contribution in [-0.2, 0) is 3.07 Å². The van der Waals surface area contributed by atoms with Crippen molar-refractivity contribution in [2.75, 3.05) is 0 Å². The Bertz CT molecular complexity index is 145. The molecule has 3 nitrogen and oxygen atoms in total. The van der Waals surface area contributed by atoms with Crippen LogP contribution in [0.3, 0.4) is 0 Å². The predicted molar refractivity (Wildman–Crippen MR) is 61.7 cm³/mol. The predicted octanol–water partition coefficient (Wildman–Crippen LogP) is 3.21. The lowest BCUT2D eigenvalue weighted by atomic mass is 9.91. The van der Waals surface area contributed by atoms with Crippen LogP contribution in [-0.4, -0.2) is 22.5 Å². The molecule has 0 radical (unpaired) electrons. The van der Waals surface area contributed by atoms with E-state index in [2.05, 4.69) is 20.8 Å². The van der Waals surface area contributed by atoms with Crippen LogP contribution in [0.25, 0.3) is 0 Å². The Morgan fingerprint density at radius 3 is 2.08 bits per heavy atom. The largest absolute Gasteiger partial charge is 0.311 e. The van der Waals surface area contributed by atoms with Crippen LogP contribution in [0.5, 0.6) is 0 Å². The maximum absolute atomic E-state index is 9.65. The van der Waals surface area contributed by atoms with Gasteiger partial charge in [0.1, 0.15) is 29.2 Å².